The number of carbonyl (C=O) groups excluding carboxylic acids is 4. The number of carbonyl (C=O) groups is 4. The van der Waals surface area contributed by atoms with Crippen molar-refractivity contribution >= 4 is 23.9 Å². The smallest absolute Gasteiger partial charge is 0.459 e. The number of unbranched alkanes of at least 4 members (excludes halogenated alkanes) is 12. The van der Waals surface area contributed by atoms with E-state index < -0.39 is 107 Å². The van der Waals surface area contributed by atoms with Gasteiger partial charge in [0, 0.05) is 22.7 Å². The summed E-state index contributed by atoms with van der Waals surface area (Å²) in [7, 11) is 0. The Bertz CT molecular complexity index is 1640. The van der Waals surface area contributed by atoms with Gasteiger partial charge in [-0.2, -0.15) is 0 Å². The van der Waals surface area contributed by atoms with Crippen LogP contribution in [0.2, 0.25) is 0 Å². The second-order valence-electron chi connectivity index (χ2n) is 20.8. The SMILES string of the molecule is CCCCCCCCCCCCCCCC1OCC(COC(=O)O[C@@H]2C(=O)C=C(C)[C@@H]3C[C@H]4OC(=O)C(OC(=O)CC(O)(C(C)C)C(C)C)C5C(C)[C@@H](O)[C@]6(O)OC[C@@]54C6C23C)O1. The summed E-state index contributed by atoms with van der Waals surface area (Å²) in [5, 5.41) is 35.9. The van der Waals surface area contributed by atoms with Gasteiger partial charge >= 0.3 is 18.1 Å². The largest absolute Gasteiger partial charge is 0.509 e. The number of esters is 2. The summed E-state index contributed by atoms with van der Waals surface area (Å²) in [5.41, 5.74) is -3.47. The first-order valence-corrected chi connectivity index (χ1v) is 24.3. The van der Waals surface area contributed by atoms with Gasteiger partial charge in [-0.3, -0.25) is 9.59 Å². The van der Waals surface area contributed by atoms with Gasteiger partial charge in [0.1, 0.15) is 24.9 Å². The van der Waals surface area contributed by atoms with Crippen LogP contribution >= 0.6 is 0 Å². The Hall–Kier alpha value is -2.62. The maximum Gasteiger partial charge on any atom is 0.509 e. The van der Waals surface area contributed by atoms with Gasteiger partial charge in [-0.05, 0) is 55.9 Å². The monoisotopic (exact) mass is 891 g/mol. The molecule has 2 saturated carbocycles. The second kappa shape index (κ2) is 20.5. The quantitative estimate of drug-likeness (QED) is 0.0549. The molecule has 5 fully saturated rings. The summed E-state index contributed by atoms with van der Waals surface area (Å²) in [5.74, 6) is -8.49. The van der Waals surface area contributed by atoms with Crippen LogP contribution in [-0.2, 0) is 47.5 Å². The van der Waals surface area contributed by atoms with Crippen LogP contribution in [0.5, 0.6) is 0 Å². The Morgan fingerprint density at radius 3 is 2.14 bits per heavy atom. The van der Waals surface area contributed by atoms with Crippen LogP contribution in [0.1, 0.15) is 158 Å². The molecule has 0 aromatic rings. The lowest BCUT2D eigenvalue weighted by Crippen LogP contribution is -2.78. The van der Waals surface area contributed by atoms with Gasteiger partial charge in [0.2, 0.25) is 6.10 Å². The summed E-state index contributed by atoms with van der Waals surface area (Å²) >= 11 is 0. The van der Waals surface area contributed by atoms with Crippen LogP contribution in [0, 0.1) is 46.3 Å². The predicted octanol–water partition coefficient (Wildman–Crippen LogP) is 7.50. The molecule has 63 heavy (non-hydrogen) atoms. The highest BCUT2D eigenvalue weighted by Crippen LogP contribution is 2.74. The molecule has 13 atom stereocenters. The van der Waals surface area contributed by atoms with Crippen LogP contribution in [0.3, 0.4) is 0 Å². The number of rotatable bonds is 22. The number of hydrogen-bond donors (Lipinski definition) is 3. The molecule has 3 aliphatic heterocycles. The number of ketones is 1. The van der Waals surface area contributed by atoms with Gasteiger partial charge in [-0.15, -0.1) is 0 Å². The van der Waals surface area contributed by atoms with E-state index in [1.165, 1.54) is 76.7 Å². The summed E-state index contributed by atoms with van der Waals surface area (Å²) in [4.78, 5) is 55.2. The highest BCUT2D eigenvalue weighted by Gasteiger charge is 2.84. The molecule has 0 aromatic heterocycles. The van der Waals surface area contributed by atoms with Crippen molar-refractivity contribution < 1.29 is 67.7 Å². The topological polar surface area (TPSA) is 194 Å². The van der Waals surface area contributed by atoms with Crippen molar-refractivity contribution in [1.82, 2.24) is 0 Å². The normalized spacial score (nSPS) is 37.1. The van der Waals surface area contributed by atoms with E-state index in [0.29, 0.717) is 5.57 Å². The number of allylic oxidation sites excluding steroid dienone is 1. The summed E-state index contributed by atoms with van der Waals surface area (Å²) < 4.78 is 41.7. The van der Waals surface area contributed by atoms with Gasteiger partial charge in [0.05, 0.1) is 25.2 Å². The van der Waals surface area contributed by atoms with E-state index >= 15 is 0 Å². The van der Waals surface area contributed by atoms with Gasteiger partial charge < -0.3 is 48.5 Å². The maximum absolute atomic E-state index is 14.1. The molecule has 0 radical (unpaired) electrons. The van der Waals surface area contributed by atoms with E-state index in [1.807, 2.05) is 0 Å². The van der Waals surface area contributed by atoms with Crippen molar-refractivity contribution in [3.8, 4) is 0 Å². The zero-order valence-corrected chi connectivity index (χ0v) is 39.3. The molecule has 3 aliphatic carbocycles. The van der Waals surface area contributed by atoms with Crippen molar-refractivity contribution in [3.05, 3.63) is 11.6 Å². The van der Waals surface area contributed by atoms with Gasteiger partial charge in [-0.1, -0.05) is 131 Å². The number of aliphatic hydroxyl groups is 3. The Labute approximate surface area is 374 Å². The minimum atomic E-state index is -2.25. The fourth-order valence-electron chi connectivity index (χ4n) is 12.8. The first-order valence-electron chi connectivity index (χ1n) is 24.3. The average Bonchev–Trinajstić information content (AvgIpc) is 3.80. The van der Waals surface area contributed by atoms with E-state index in [-0.39, 0.29) is 44.5 Å². The highest BCUT2D eigenvalue weighted by molar-refractivity contribution is 5.97. The fraction of sp³-hybridized carbons (Fsp3) is 0.878. The van der Waals surface area contributed by atoms with Gasteiger partial charge in [0.15, 0.2) is 24.0 Å². The molecule has 6 aliphatic rings. The third-order valence-electron chi connectivity index (χ3n) is 16.2. The second-order valence-corrected chi connectivity index (χ2v) is 20.8. The standard InChI is InChI=1S/C49H78O14/c1-9-10-11-12-13-14-15-16-17-18-19-20-21-22-38-57-26-33(60-38)27-58-45(54)63-42-35(50)23-31(6)34-24-36-47-28-59-49(56,44(47)46(34,42)8)41(52)32(7)39(47)40(43(53)61-36)62-37(51)25-48(55,29(2)3)30(4)5/h23,29-30,32-34,36,38-42,44,52,55-56H,9-22,24-28H2,1-8H3/t32?,33?,34-,36+,38?,39?,40?,41+,42+,44?,46?,47-,49-/m0/s1. The molecule has 7 unspecified atom stereocenters. The molecule has 358 valence electrons. The molecular weight excluding hydrogens is 813 g/mol. The number of ether oxygens (including phenoxy) is 7. The van der Waals surface area contributed by atoms with Crippen LogP contribution in [0.25, 0.3) is 0 Å². The zero-order chi connectivity index (χ0) is 45.9. The first-order chi connectivity index (χ1) is 29.9. The average molecular weight is 891 g/mol. The minimum absolute atomic E-state index is 0.156. The van der Waals surface area contributed by atoms with Crippen LogP contribution in [-0.4, -0.2) is 107 Å². The summed E-state index contributed by atoms with van der Waals surface area (Å²) in [6.07, 6.45) is 11.0. The maximum atomic E-state index is 14.1. The van der Waals surface area contributed by atoms with Gasteiger partial charge in [-0.25, -0.2) is 9.59 Å². The van der Waals surface area contributed by atoms with Crippen LogP contribution < -0.4 is 0 Å². The van der Waals surface area contributed by atoms with E-state index in [4.69, 9.17) is 33.2 Å². The van der Waals surface area contributed by atoms with E-state index in [9.17, 15) is 34.5 Å². The molecule has 0 amide bonds. The molecule has 3 saturated heterocycles. The van der Waals surface area contributed by atoms with E-state index in [2.05, 4.69) is 6.92 Å². The molecule has 6 rings (SSSR count). The lowest BCUT2D eigenvalue weighted by atomic mass is 9.38. The van der Waals surface area contributed by atoms with Crippen molar-refractivity contribution in [2.45, 2.75) is 206 Å². The fourth-order valence-corrected chi connectivity index (χ4v) is 12.8. The highest BCUT2D eigenvalue weighted by atomic mass is 16.8. The van der Waals surface area contributed by atoms with Crippen molar-refractivity contribution in [1.29, 1.82) is 0 Å². The summed E-state index contributed by atoms with van der Waals surface area (Å²) in [6, 6.07) is 0. The first kappa shape index (κ1) is 49.8. The Balaban J connectivity index is 1.08. The van der Waals surface area contributed by atoms with Crippen LogP contribution in [0.15, 0.2) is 11.6 Å². The van der Waals surface area contributed by atoms with E-state index in [1.54, 1.807) is 48.5 Å². The van der Waals surface area contributed by atoms with Crippen molar-refractivity contribution in [2.24, 2.45) is 46.3 Å². The Morgan fingerprint density at radius 1 is 0.937 bits per heavy atom. The Morgan fingerprint density at radius 2 is 1.54 bits per heavy atom. The summed E-state index contributed by atoms with van der Waals surface area (Å²) in [6.45, 7) is 14.5. The Kier molecular flexibility index (Phi) is 16.2. The number of fused-ring (bicyclic) bond motifs is 1. The van der Waals surface area contributed by atoms with Crippen LogP contribution in [0.4, 0.5) is 4.79 Å². The van der Waals surface area contributed by atoms with Crippen molar-refractivity contribution in [2.75, 3.05) is 19.8 Å². The molecular formula is C49H78O14. The lowest BCUT2D eigenvalue weighted by Gasteiger charge is -2.68. The van der Waals surface area contributed by atoms with Crippen molar-refractivity contribution in [3.63, 3.8) is 0 Å². The molecule has 2 bridgehead atoms. The molecule has 0 aromatic carbocycles. The predicted molar refractivity (Wildman–Crippen MR) is 231 cm³/mol. The molecule has 14 heteroatoms. The third kappa shape index (κ3) is 9.64. The van der Waals surface area contributed by atoms with E-state index in [0.717, 1.165) is 19.3 Å². The third-order valence-corrected chi connectivity index (χ3v) is 16.2. The zero-order valence-electron chi connectivity index (χ0n) is 39.3. The number of aliphatic hydroxyl groups excluding tert-OH is 1. The lowest BCUT2D eigenvalue weighted by molar-refractivity contribution is -0.340. The molecule has 1 spiro atoms. The van der Waals surface area contributed by atoms with Gasteiger partial charge in [0.25, 0.3) is 0 Å². The molecule has 3 heterocycles. The minimum Gasteiger partial charge on any atom is -0.459 e. The molecule has 3 N–H and O–H groups in total. The molecule has 14 nitrogen and oxygen atoms in total. The number of hydrogen-bond acceptors (Lipinski definition) is 14.